The van der Waals surface area contributed by atoms with Crippen LogP contribution in [0.15, 0.2) is 0 Å². The first-order chi connectivity index (χ1) is 2.30. The molecule has 0 spiro atoms. The molecule has 0 amide bonds. The van der Waals surface area contributed by atoms with E-state index in [9.17, 15) is 0 Å². The topological polar surface area (TPSA) is 26.0 Å². The van der Waals surface area contributed by atoms with Gasteiger partial charge in [0.25, 0.3) is 0 Å². The number of hydrogen-bond donors (Lipinski definition) is 1. The third kappa shape index (κ3) is 0.758. The van der Waals surface area contributed by atoms with Gasteiger partial charge in [0.2, 0.25) is 0 Å². The van der Waals surface area contributed by atoms with Crippen molar-refractivity contribution in [3.05, 3.63) is 0 Å². The first kappa shape index (κ1) is 3.87. The number of nitrogens with two attached hydrogens (primary N) is 1. The lowest BCUT2D eigenvalue weighted by molar-refractivity contribution is 1.08. The first-order valence-electron chi connectivity index (χ1n) is 1.70. The Morgan fingerprint density at radius 3 is 2.00 bits per heavy atom. The maximum absolute atomic E-state index is 5.36. The van der Waals surface area contributed by atoms with Crippen LogP contribution in [0.2, 0.25) is 0 Å². The average molecular weight is 183 g/mol. The zero-order chi connectivity index (χ0) is 3.86. The number of hydrogen-bond acceptors (Lipinski definition) is 1. The molecule has 0 radical (unpaired) electrons. The van der Waals surface area contributed by atoms with Gasteiger partial charge >= 0.3 is 0 Å². The van der Waals surface area contributed by atoms with Crippen molar-refractivity contribution in [2.45, 2.75) is 16.4 Å². The number of alkyl halides is 1. The van der Waals surface area contributed by atoms with Crippen molar-refractivity contribution < 1.29 is 0 Å². The number of rotatable bonds is 0. The van der Waals surface area contributed by atoms with Crippen LogP contribution in [0.5, 0.6) is 0 Å². The Labute approximate surface area is 45.1 Å². The molecule has 2 N–H and O–H groups in total. The second-order valence-corrected chi connectivity index (χ2v) is 3.02. The standard InChI is InChI=1S/C3H6IN/c4-2-1-3(2)5/h2-3H,1,5H2/t2-,3-/m1/s1. The van der Waals surface area contributed by atoms with Crippen LogP contribution in [0.4, 0.5) is 0 Å². The zero-order valence-corrected chi connectivity index (χ0v) is 4.97. The normalized spacial score (nSPS) is 49.2. The molecule has 1 saturated carbocycles. The second kappa shape index (κ2) is 1.08. The summed E-state index contributed by atoms with van der Waals surface area (Å²) in [5.41, 5.74) is 5.36. The van der Waals surface area contributed by atoms with E-state index < -0.39 is 0 Å². The second-order valence-electron chi connectivity index (χ2n) is 1.42. The molecule has 5 heavy (non-hydrogen) atoms. The van der Waals surface area contributed by atoms with E-state index in [-0.39, 0.29) is 0 Å². The van der Waals surface area contributed by atoms with Gasteiger partial charge in [-0.05, 0) is 6.42 Å². The molecule has 0 aliphatic heterocycles. The van der Waals surface area contributed by atoms with Crippen LogP contribution in [-0.2, 0) is 0 Å². The van der Waals surface area contributed by atoms with Gasteiger partial charge in [-0.1, -0.05) is 22.6 Å². The average Bonchev–Trinajstić information content (AvgIpc) is 1.79. The van der Waals surface area contributed by atoms with Crippen LogP contribution in [0.3, 0.4) is 0 Å². The fourth-order valence-electron chi connectivity index (χ4n) is 0.181. The lowest BCUT2D eigenvalue weighted by atomic mass is 10.8. The predicted molar refractivity (Wildman–Crippen MR) is 30.4 cm³/mol. The monoisotopic (exact) mass is 183 g/mol. The zero-order valence-electron chi connectivity index (χ0n) is 2.82. The van der Waals surface area contributed by atoms with Crippen LogP contribution in [-0.4, -0.2) is 9.97 Å². The summed E-state index contributed by atoms with van der Waals surface area (Å²) >= 11 is 2.36. The van der Waals surface area contributed by atoms with Gasteiger partial charge in [0.05, 0.1) is 0 Å². The van der Waals surface area contributed by atoms with E-state index in [0.29, 0.717) is 6.04 Å². The highest BCUT2D eigenvalue weighted by molar-refractivity contribution is 14.1. The van der Waals surface area contributed by atoms with Crippen LogP contribution in [0, 0.1) is 0 Å². The van der Waals surface area contributed by atoms with E-state index in [4.69, 9.17) is 5.73 Å². The molecule has 1 aliphatic rings. The summed E-state index contributed by atoms with van der Waals surface area (Å²) in [4.78, 5) is 0. The van der Waals surface area contributed by atoms with Crippen LogP contribution in [0.1, 0.15) is 6.42 Å². The Bertz CT molecular complexity index is 40.2. The van der Waals surface area contributed by atoms with Crippen molar-refractivity contribution in [2.75, 3.05) is 0 Å². The van der Waals surface area contributed by atoms with E-state index in [1.807, 2.05) is 0 Å². The number of halogens is 1. The maximum atomic E-state index is 5.36. The van der Waals surface area contributed by atoms with Crippen LogP contribution < -0.4 is 5.73 Å². The third-order valence-electron chi connectivity index (χ3n) is 0.759. The molecule has 2 atom stereocenters. The van der Waals surface area contributed by atoms with Crippen molar-refractivity contribution in [2.24, 2.45) is 5.73 Å². The fraction of sp³-hybridized carbons (Fsp3) is 1.00. The summed E-state index contributed by atoms with van der Waals surface area (Å²) in [6, 6.07) is 0.538. The molecule has 1 fully saturated rings. The summed E-state index contributed by atoms with van der Waals surface area (Å²) in [5.74, 6) is 0. The van der Waals surface area contributed by atoms with E-state index in [1.54, 1.807) is 0 Å². The fourth-order valence-corrected chi connectivity index (χ4v) is 0.769. The predicted octanol–water partition coefficient (Wildman–Crippen LogP) is 0.521. The van der Waals surface area contributed by atoms with Crippen molar-refractivity contribution >= 4 is 22.6 Å². The maximum Gasteiger partial charge on any atom is 0.0276 e. The van der Waals surface area contributed by atoms with Gasteiger partial charge in [-0.3, -0.25) is 0 Å². The van der Waals surface area contributed by atoms with Gasteiger partial charge < -0.3 is 5.73 Å². The summed E-state index contributed by atoms with van der Waals surface area (Å²) in [6.45, 7) is 0. The molecule has 0 bridgehead atoms. The van der Waals surface area contributed by atoms with Crippen molar-refractivity contribution in [3.63, 3.8) is 0 Å². The molecular formula is C3H6IN. The largest absolute Gasteiger partial charge is 0.327 e. The highest BCUT2D eigenvalue weighted by Crippen LogP contribution is 2.27. The lowest BCUT2D eigenvalue weighted by Gasteiger charge is -1.67. The molecule has 1 rings (SSSR count). The van der Waals surface area contributed by atoms with Gasteiger partial charge in [0, 0.05) is 9.97 Å². The quantitative estimate of drug-likeness (QED) is 0.430. The lowest BCUT2D eigenvalue weighted by Crippen LogP contribution is -1.99. The molecule has 0 aromatic carbocycles. The summed E-state index contributed by atoms with van der Waals surface area (Å²) in [5, 5.41) is 0. The summed E-state index contributed by atoms with van der Waals surface area (Å²) < 4.78 is 0.799. The Hall–Kier alpha value is 0.690. The van der Waals surface area contributed by atoms with E-state index in [0.717, 1.165) is 3.92 Å². The Balaban J connectivity index is 2.20. The first-order valence-corrected chi connectivity index (χ1v) is 2.95. The molecule has 0 aromatic rings. The molecule has 0 saturated heterocycles. The SMILES string of the molecule is N[C@@H]1C[C@H]1I. The van der Waals surface area contributed by atoms with Crippen molar-refractivity contribution in [1.82, 2.24) is 0 Å². The van der Waals surface area contributed by atoms with Gasteiger partial charge in [0.15, 0.2) is 0 Å². The third-order valence-corrected chi connectivity index (χ3v) is 2.19. The molecule has 0 heterocycles. The molecule has 1 nitrogen and oxygen atoms in total. The van der Waals surface area contributed by atoms with Crippen LogP contribution >= 0.6 is 22.6 Å². The van der Waals surface area contributed by atoms with E-state index in [2.05, 4.69) is 22.6 Å². The van der Waals surface area contributed by atoms with Gasteiger partial charge in [-0.15, -0.1) is 0 Å². The minimum Gasteiger partial charge on any atom is -0.327 e. The van der Waals surface area contributed by atoms with Crippen molar-refractivity contribution in [1.29, 1.82) is 0 Å². The smallest absolute Gasteiger partial charge is 0.0276 e. The van der Waals surface area contributed by atoms with Crippen molar-refractivity contribution in [3.8, 4) is 0 Å². The minimum absolute atomic E-state index is 0.538. The molecule has 2 heteroatoms. The molecule has 30 valence electrons. The summed E-state index contributed by atoms with van der Waals surface area (Å²) in [7, 11) is 0. The Kier molecular flexibility index (Phi) is 0.835. The highest BCUT2D eigenvalue weighted by atomic mass is 127. The van der Waals surface area contributed by atoms with Gasteiger partial charge in [-0.25, -0.2) is 0 Å². The van der Waals surface area contributed by atoms with E-state index >= 15 is 0 Å². The highest BCUT2D eigenvalue weighted by Gasteiger charge is 2.29. The molecular weight excluding hydrogens is 177 g/mol. The van der Waals surface area contributed by atoms with Gasteiger partial charge in [0.1, 0.15) is 0 Å². The molecule has 1 aliphatic carbocycles. The van der Waals surface area contributed by atoms with Crippen LogP contribution in [0.25, 0.3) is 0 Å². The molecule has 0 aromatic heterocycles. The summed E-state index contributed by atoms with van der Waals surface area (Å²) in [6.07, 6.45) is 1.24. The minimum atomic E-state index is 0.538. The molecule has 0 unspecified atom stereocenters. The Morgan fingerprint density at radius 2 is 2.00 bits per heavy atom. The van der Waals surface area contributed by atoms with E-state index in [1.165, 1.54) is 6.42 Å². The van der Waals surface area contributed by atoms with Gasteiger partial charge in [-0.2, -0.15) is 0 Å². The Morgan fingerprint density at radius 1 is 1.80 bits per heavy atom.